The van der Waals surface area contributed by atoms with E-state index in [0.717, 1.165) is 12.8 Å². The van der Waals surface area contributed by atoms with E-state index in [0.29, 0.717) is 13.2 Å². The van der Waals surface area contributed by atoms with E-state index >= 15 is 0 Å². The zero-order valence-corrected chi connectivity index (χ0v) is 16.1. The topological polar surface area (TPSA) is 73.9 Å². The molecule has 0 aromatic carbocycles. The van der Waals surface area contributed by atoms with Gasteiger partial charge < -0.3 is 19.5 Å². The SMILES string of the molecule is CCCCCCCCCCCCOC(=O)CCNC(=O)OCCOC. The van der Waals surface area contributed by atoms with Gasteiger partial charge in [-0.3, -0.25) is 4.79 Å². The highest BCUT2D eigenvalue weighted by atomic mass is 16.6. The van der Waals surface area contributed by atoms with E-state index < -0.39 is 6.09 Å². The lowest BCUT2D eigenvalue weighted by Crippen LogP contribution is -2.28. The normalized spacial score (nSPS) is 10.5. The summed E-state index contributed by atoms with van der Waals surface area (Å²) in [7, 11) is 1.53. The molecular weight excluding hydrogens is 322 g/mol. The molecule has 0 saturated carbocycles. The number of hydrogen-bond donors (Lipinski definition) is 1. The van der Waals surface area contributed by atoms with Crippen LogP contribution in [0.2, 0.25) is 0 Å². The van der Waals surface area contributed by atoms with E-state index in [1.54, 1.807) is 0 Å². The molecule has 148 valence electrons. The molecule has 6 heteroatoms. The number of methoxy groups -OCH3 is 1. The minimum absolute atomic E-state index is 0.164. The van der Waals surface area contributed by atoms with Gasteiger partial charge in [0, 0.05) is 13.7 Å². The maximum absolute atomic E-state index is 11.5. The summed E-state index contributed by atoms with van der Waals surface area (Å²) in [6.45, 7) is 3.48. The molecule has 25 heavy (non-hydrogen) atoms. The summed E-state index contributed by atoms with van der Waals surface area (Å²) >= 11 is 0. The zero-order chi connectivity index (χ0) is 18.6. The quantitative estimate of drug-likeness (QED) is 0.311. The minimum atomic E-state index is -0.542. The van der Waals surface area contributed by atoms with Crippen molar-refractivity contribution in [2.45, 2.75) is 77.6 Å². The molecule has 0 rings (SSSR count). The monoisotopic (exact) mass is 359 g/mol. The predicted octanol–water partition coefficient (Wildman–Crippen LogP) is 4.21. The molecule has 0 aromatic rings. The number of ether oxygens (including phenoxy) is 3. The summed E-state index contributed by atoms with van der Waals surface area (Å²) in [5, 5.41) is 2.50. The number of amides is 1. The van der Waals surface area contributed by atoms with Crippen LogP contribution in [-0.2, 0) is 19.0 Å². The molecule has 0 radical (unpaired) electrons. The van der Waals surface area contributed by atoms with Gasteiger partial charge in [-0.2, -0.15) is 0 Å². The van der Waals surface area contributed by atoms with Crippen LogP contribution in [-0.4, -0.2) is 45.5 Å². The van der Waals surface area contributed by atoms with E-state index in [1.165, 1.54) is 58.5 Å². The lowest BCUT2D eigenvalue weighted by Gasteiger charge is -2.07. The van der Waals surface area contributed by atoms with Gasteiger partial charge in [-0.25, -0.2) is 4.79 Å². The summed E-state index contributed by atoms with van der Waals surface area (Å²) in [4.78, 5) is 22.7. The molecular formula is C19H37NO5. The smallest absolute Gasteiger partial charge is 0.407 e. The zero-order valence-electron chi connectivity index (χ0n) is 16.1. The van der Waals surface area contributed by atoms with Crippen LogP contribution in [0.5, 0.6) is 0 Å². The molecule has 0 fully saturated rings. The Hall–Kier alpha value is -1.30. The van der Waals surface area contributed by atoms with Crippen LogP contribution in [0.1, 0.15) is 77.6 Å². The van der Waals surface area contributed by atoms with Crippen molar-refractivity contribution in [3.63, 3.8) is 0 Å². The first-order valence-corrected chi connectivity index (χ1v) is 9.75. The van der Waals surface area contributed by atoms with Gasteiger partial charge >= 0.3 is 12.1 Å². The van der Waals surface area contributed by atoms with E-state index in [9.17, 15) is 9.59 Å². The second-order valence-electron chi connectivity index (χ2n) is 6.21. The number of hydrogen-bond acceptors (Lipinski definition) is 5. The van der Waals surface area contributed by atoms with Gasteiger partial charge in [-0.1, -0.05) is 64.7 Å². The van der Waals surface area contributed by atoms with E-state index in [4.69, 9.17) is 14.2 Å². The second-order valence-corrected chi connectivity index (χ2v) is 6.21. The molecule has 0 atom stereocenters. The van der Waals surface area contributed by atoms with Crippen LogP contribution in [0.15, 0.2) is 0 Å². The Kier molecular flexibility index (Phi) is 18.0. The fraction of sp³-hybridized carbons (Fsp3) is 0.895. The first kappa shape index (κ1) is 23.7. The first-order valence-electron chi connectivity index (χ1n) is 9.75. The summed E-state index contributed by atoms with van der Waals surface area (Å²) < 4.78 is 14.7. The van der Waals surface area contributed by atoms with Gasteiger partial charge in [-0.15, -0.1) is 0 Å². The Bertz CT molecular complexity index is 323. The Morgan fingerprint density at radius 2 is 1.36 bits per heavy atom. The standard InChI is InChI=1S/C19H37NO5/c1-3-4-5-6-7-8-9-10-11-12-15-24-18(21)13-14-20-19(22)25-17-16-23-2/h3-17H2,1-2H3,(H,20,22). The highest BCUT2D eigenvalue weighted by Gasteiger charge is 2.05. The van der Waals surface area contributed by atoms with Crippen molar-refractivity contribution in [3.05, 3.63) is 0 Å². The molecule has 0 aliphatic heterocycles. The fourth-order valence-corrected chi connectivity index (χ4v) is 2.38. The number of rotatable bonds is 17. The second kappa shape index (κ2) is 19.0. The Morgan fingerprint density at radius 3 is 1.96 bits per heavy atom. The third kappa shape index (κ3) is 18.9. The van der Waals surface area contributed by atoms with Gasteiger partial charge in [-0.05, 0) is 6.42 Å². The minimum Gasteiger partial charge on any atom is -0.466 e. The number of alkyl carbamates (subject to hydrolysis) is 1. The van der Waals surface area contributed by atoms with Crippen LogP contribution in [0.3, 0.4) is 0 Å². The van der Waals surface area contributed by atoms with Crippen LogP contribution in [0, 0.1) is 0 Å². The predicted molar refractivity (Wildman–Crippen MR) is 98.6 cm³/mol. The fourth-order valence-electron chi connectivity index (χ4n) is 2.38. The summed E-state index contributed by atoms with van der Waals surface area (Å²) in [6.07, 6.45) is 12.2. The van der Waals surface area contributed by atoms with E-state index in [2.05, 4.69) is 12.2 Å². The van der Waals surface area contributed by atoms with Crippen LogP contribution < -0.4 is 5.32 Å². The molecule has 0 saturated heterocycles. The van der Waals surface area contributed by atoms with Crippen molar-refractivity contribution in [2.24, 2.45) is 0 Å². The summed E-state index contributed by atoms with van der Waals surface area (Å²) in [5.41, 5.74) is 0. The van der Waals surface area contributed by atoms with Gasteiger partial charge in [0.1, 0.15) is 6.61 Å². The first-order chi connectivity index (χ1) is 12.2. The average Bonchev–Trinajstić information content (AvgIpc) is 2.60. The highest BCUT2D eigenvalue weighted by molar-refractivity contribution is 5.71. The number of nitrogens with one attached hydrogen (secondary N) is 1. The summed E-state index contributed by atoms with van der Waals surface area (Å²) in [5.74, 6) is -0.284. The molecule has 0 bridgehead atoms. The lowest BCUT2D eigenvalue weighted by molar-refractivity contribution is -0.143. The molecule has 0 unspecified atom stereocenters. The molecule has 0 spiro atoms. The number of unbranched alkanes of at least 4 members (excludes halogenated alkanes) is 9. The molecule has 0 heterocycles. The van der Waals surface area contributed by atoms with Gasteiger partial charge in [0.05, 0.1) is 19.6 Å². The van der Waals surface area contributed by atoms with Crippen molar-refractivity contribution >= 4 is 12.1 Å². The van der Waals surface area contributed by atoms with Crippen molar-refractivity contribution < 1.29 is 23.8 Å². The van der Waals surface area contributed by atoms with E-state index in [-0.39, 0.29) is 25.5 Å². The third-order valence-electron chi connectivity index (χ3n) is 3.88. The Balaban J connectivity index is 3.26. The van der Waals surface area contributed by atoms with Gasteiger partial charge in [0.25, 0.3) is 0 Å². The maximum atomic E-state index is 11.5. The molecule has 0 aliphatic rings. The van der Waals surface area contributed by atoms with Crippen molar-refractivity contribution in [1.29, 1.82) is 0 Å². The average molecular weight is 360 g/mol. The van der Waals surface area contributed by atoms with Gasteiger partial charge in [0.15, 0.2) is 0 Å². The number of esters is 1. The van der Waals surface area contributed by atoms with Crippen molar-refractivity contribution in [2.75, 3.05) is 33.5 Å². The van der Waals surface area contributed by atoms with Gasteiger partial charge in [0.2, 0.25) is 0 Å². The number of carbonyl (C=O) groups is 2. The maximum Gasteiger partial charge on any atom is 0.407 e. The van der Waals surface area contributed by atoms with Crippen molar-refractivity contribution in [1.82, 2.24) is 5.32 Å². The van der Waals surface area contributed by atoms with Crippen LogP contribution >= 0.6 is 0 Å². The molecule has 0 aromatic heterocycles. The molecule has 1 amide bonds. The highest BCUT2D eigenvalue weighted by Crippen LogP contribution is 2.10. The summed E-state index contributed by atoms with van der Waals surface area (Å²) in [6, 6.07) is 0. The molecule has 6 nitrogen and oxygen atoms in total. The number of carbonyl (C=O) groups excluding carboxylic acids is 2. The molecule has 0 aliphatic carbocycles. The van der Waals surface area contributed by atoms with E-state index in [1.807, 2.05) is 0 Å². The van der Waals surface area contributed by atoms with Crippen LogP contribution in [0.4, 0.5) is 4.79 Å². The lowest BCUT2D eigenvalue weighted by atomic mass is 10.1. The largest absolute Gasteiger partial charge is 0.466 e. The Labute approximate surface area is 153 Å². The molecule has 1 N–H and O–H groups in total. The third-order valence-corrected chi connectivity index (χ3v) is 3.88. The Morgan fingerprint density at radius 1 is 0.760 bits per heavy atom. The van der Waals surface area contributed by atoms with Crippen molar-refractivity contribution in [3.8, 4) is 0 Å². The van der Waals surface area contributed by atoms with Crippen LogP contribution in [0.25, 0.3) is 0 Å².